The quantitative estimate of drug-likeness (QED) is 0.755. The van der Waals surface area contributed by atoms with Crippen LogP contribution < -0.4 is 5.32 Å². The normalized spacial score (nSPS) is 10.6. The van der Waals surface area contributed by atoms with Gasteiger partial charge in [0.1, 0.15) is 17.2 Å². The van der Waals surface area contributed by atoms with E-state index in [2.05, 4.69) is 34.3 Å². The predicted octanol–water partition coefficient (Wildman–Crippen LogP) is 1.49. The molecule has 4 nitrogen and oxygen atoms in total. The fourth-order valence-electron chi connectivity index (χ4n) is 1.04. The van der Waals surface area contributed by atoms with E-state index in [1.165, 1.54) is 6.33 Å². The molecule has 0 saturated carbocycles. The second kappa shape index (κ2) is 5.78. The molecule has 1 aromatic rings. The van der Waals surface area contributed by atoms with E-state index in [0.717, 1.165) is 19.5 Å². The average molecular weight is 215 g/mol. The molecule has 0 aliphatic carbocycles. The largest absolute Gasteiger partial charge is 0.369 e. The first-order valence-electron chi connectivity index (χ1n) is 4.54. The first-order chi connectivity index (χ1) is 6.70. The molecule has 0 aliphatic rings. The molecule has 1 N–H and O–H groups in total. The van der Waals surface area contributed by atoms with Crippen LogP contribution in [-0.2, 0) is 0 Å². The minimum atomic E-state index is 0.567. The van der Waals surface area contributed by atoms with E-state index in [4.69, 9.17) is 11.6 Å². The van der Waals surface area contributed by atoms with Crippen LogP contribution in [0.25, 0.3) is 0 Å². The fraction of sp³-hybridized carbons (Fsp3) is 0.556. The molecule has 78 valence electrons. The Morgan fingerprint density at radius 3 is 2.93 bits per heavy atom. The number of rotatable bonds is 5. The van der Waals surface area contributed by atoms with Gasteiger partial charge in [-0.25, -0.2) is 9.97 Å². The van der Waals surface area contributed by atoms with Gasteiger partial charge in [0.25, 0.3) is 0 Å². The van der Waals surface area contributed by atoms with Gasteiger partial charge in [-0.05, 0) is 27.1 Å². The average Bonchev–Trinajstić information content (AvgIpc) is 2.15. The minimum absolute atomic E-state index is 0.567. The number of nitrogens with one attached hydrogen (secondary N) is 1. The number of anilines is 1. The van der Waals surface area contributed by atoms with E-state index in [9.17, 15) is 0 Å². The van der Waals surface area contributed by atoms with E-state index >= 15 is 0 Å². The number of aromatic nitrogens is 2. The number of hydrogen-bond donors (Lipinski definition) is 1. The summed E-state index contributed by atoms with van der Waals surface area (Å²) in [6.07, 6.45) is 4.14. The monoisotopic (exact) mass is 214 g/mol. The van der Waals surface area contributed by atoms with Gasteiger partial charge in [0.05, 0.1) is 6.20 Å². The minimum Gasteiger partial charge on any atom is -0.369 e. The predicted molar refractivity (Wildman–Crippen MR) is 58.7 cm³/mol. The highest BCUT2D eigenvalue weighted by Crippen LogP contribution is 2.15. The van der Waals surface area contributed by atoms with Gasteiger partial charge in [0, 0.05) is 6.54 Å². The maximum absolute atomic E-state index is 5.87. The van der Waals surface area contributed by atoms with Crippen molar-refractivity contribution in [2.75, 3.05) is 32.5 Å². The van der Waals surface area contributed by atoms with E-state index in [0.29, 0.717) is 10.8 Å². The van der Waals surface area contributed by atoms with Crippen molar-refractivity contribution < 1.29 is 0 Å². The second-order valence-electron chi connectivity index (χ2n) is 3.30. The third-order valence-corrected chi connectivity index (χ3v) is 2.02. The summed E-state index contributed by atoms with van der Waals surface area (Å²) in [4.78, 5) is 9.98. The fourth-order valence-corrected chi connectivity index (χ4v) is 1.22. The highest BCUT2D eigenvalue weighted by atomic mass is 35.5. The van der Waals surface area contributed by atoms with Crippen molar-refractivity contribution in [1.29, 1.82) is 0 Å². The summed E-state index contributed by atoms with van der Waals surface area (Å²) in [5.74, 6) is 0.709. The molecule has 5 heteroatoms. The number of nitrogens with zero attached hydrogens (tertiary/aromatic N) is 3. The highest BCUT2D eigenvalue weighted by molar-refractivity contribution is 6.32. The molecule has 0 amide bonds. The van der Waals surface area contributed by atoms with Gasteiger partial charge < -0.3 is 10.2 Å². The van der Waals surface area contributed by atoms with Crippen LogP contribution in [0.5, 0.6) is 0 Å². The van der Waals surface area contributed by atoms with Crippen molar-refractivity contribution in [3.63, 3.8) is 0 Å². The zero-order chi connectivity index (χ0) is 10.4. The van der Waals surface area contributed by atoms with Gasteiger partial charge in [-0.3, -0.25) is 0 Å². The topological polar surface area (TPSA) is 41.0 Å². The summed E-state index contributed by atoms with van der Waals surface area (Å²) in [6, 6.07) is 0. The van der Waals surface area contributed by atoms with Crippen molar-refractivity contribution in [2.45, 2.75) is 6.42 Å². The van der Waals surface area contributed by atoms with Gasteiger partial charge in [-0.15, -0.1) is 0 Å². The second-order valence-corrected chi connectivity index (χ2v) is 3.71. The summed E-state index contributed by atoms with van der Waals surface area (Å²) in [7, 11) is 4.11. The van der Waals surface area contributed by atoms with Crippen LogP contribution in [0.15, 0.2) is 12.5 Å². The Balaban J connectivity index is 2.28. The molecule has 1 heterocycles. The molecule has 14 heavy (non-hydrogen) atoms. The Morgan fingerprint density at radius 2 is 2.29 bits per heavy atom. The summed E-state index contributed by atoms with van der Waals surface area (Å²) in [6.45, 7) is 1.92. The van der Waals surface area contributed by atoms with Crippen molar-refractivity contribution in [3.05, 3.63) is 17.5 Å². The molecule has 0 aromatic carbocycles. The third kappa shape index (κ3) is 3.89. The Labute approximate surface area is 89.3 Å². The van der Waals surface area contributed by atoms with Crippen LogP contribution in [0.4, 0.5) is 5.82 Å². The molecular weight excluding hydrogens is 200 g/mol. The van der Waals surface area contributed by atoms with Crippen LogP contribution >= 0.6 is 11.6 Å². The van der Waals surface area contributed by atoms with Crippen LogP contribution in [0.3, 0.4) is 0 Å². The molecule has 0 bridgehead atoms. The van der Waals surface area contributed by atoms with Gasteiger partial charge in [-0.1, -0.05) is 11.6 Å². The third-order valence-electron chi connectivity index (χ3n) is 1.74. The van der Waals surface area contributed by atoms with Gasteiger partial charge in [0.2, 0.25) is 0 Å². The molecule has 0 fully saturated rings. The molecule has 0 aliphatic heterocycles. The Morgan fingerprint density at radius 1 is 1.50 bits per heavy atom. The summed E-state index contributed by atoms with van der Waals surface area (Å²) < 4.78 is 0. The first-order valence-corrected chi connectivity index (χ1v) is 4.92. The summed E-state index contributed by atoms with van der Waals surface area (Å²) in [5.41, 5.74) is 0. The zero-order valence-corrected chi connectivity index (χ0v) is 9.25. The first kappa shape index (κ1) is 11.2. The van der Waals surface area contributed by atoms with Crippen LogP contribution in [-0.4, -0.2) is 42.1 Å². The lowest BCUT2D eigenvalue weighted by Crippen LogP contribution is -2.16. The standard InChI is InChI=1S/C9H15ClN4/c1-14(2)5-3-4-12-9-8(10)6-11-7-13-9/h6-7H,3-5H2,1-2H3,(H,11,12,13). The summed E-state index contributed by atoms with van der Waals surface area (Å²) in [5, 5.41) is 3.73. The highest BCUT2D eigenvalue weighted by Gasteiger charge is 1.99. The van der Waals surface area contributed by atoms with Crippen molar-refractivity contribution >= 4 is 17.4 Å². The van der Waals surface area contributed by atoms with Gasteiger partial charge in [0.15, 0.2) is 0 Å². The Kier molecular flexibility index (Phi) is 4.62. The van der Waals surface area contributed by atoms with Gasteiger partial charge in [-0.2, -0.15) is 0 Å². The lowest BCUT2D eigenvalue weighted by molar-refractivity contribution is 0.405. The summed E-state index contributed by atoms with van der Waals surface area (Å²) >= 11 is 5.87. The molecule has 0 unspecified atom stereocenters. The molecule has 0 saturated heterocycles. The zero-order valence-electron chi connectivity index (χ0n) is 8.50. The van der Waals surface area contributed by atoms with E-state index < -0.39 is 0 Å². The Bertz CT molecular complexity index is 277. The molecule has 0 atom stereocenters. The Hall–Kier alpha value is -0.870. The maximum Gasteiger partial charge on any atom is 0.148 e. The van der Waals surface area contributed by atoms with Crippen LogP contribution in [0.1, 0.15) is 6.42 Å². The van der Waals surface area contributed by atoms with Gasteiger partial charge >= 0.3 is 0 Å². The molecule has 1 rings (SSSR count). The van der Waals surface area contributed by atoms with Crippen molar-refractivity contribution in [1.82, 2.24) is 14.9 Å². The molecular formula is C9H15ClN4. The maximum atomic E-state index is 5.87. The molecule has 0 spiro atoms. The molecule has 0 radical (unpaired) electrons. The van der Waals surface area contributed by atoms with Crippen LogP contribution in [0.2, 0.25) is 5.02 Å². The van der Waals surface area contributed by atoms with Crippen LogP contribution in [0, 0.1) is 0 Å². The number of halogens is 1. The van der Waals surface area contributed by atoms with Crippen molar-refractivity contribution in [2.24, 2.45) is 0 Å². The van der Waals surface area contributed by atoms with E-state index in [1.54, 1.807) is 6.20 Å². The van der Waals surface area contributed by atoms with E-state index in [-0.39, 0.29) is 0 Å². The lowest BCUT2D eigenvalue weighted by atomic mass is 10.4. The van der Waals surface area contributed by atoms with E-state index in [1.807, 2.05) is 0 Å². The van der Waals surface area contributed by atoms with Crippen molar-refractivity contribution in [3.8, 4) is 0 Å². The molecule has 1 aromatic heterocycles. The smallest absolute Gasteiger partial charge is 0.148 e. The number of hydrogen-bond acceptors (Lipinski definition) is 4. The SMILES string of the molecule is CN(C)CCCNc1ncncc1Cl. The lowest BCUT2D eigenvalue weighted by Gasteiger charge is -2.10.